The summed E-state index contributed by atoms with van der Waals surface area (Å²) in [6.45, 7) is 6.38. The third kappa shape index (κ3) is 3.71. The van der Waals surface area contributed by atoms with Gasteiger partial charge in [-0.2, -0.15) is 0 Å². The van der Waals surface area contributed by atoms with Gasteiger partial charge in [-0.05, 0) is 50.4 Å². The van der Waals surface area contributed by atoms with E-state index < -0.39 is 0 Å². The molecule has 0 spiro atoms. The highest BCUT2D eigenvalue weighted by Gasteiger charge is 2.38. The second-order valence-corrected chi connectivity index (χ2v) is 7.21. The minimum absolute atomic E-state index is 0.135. The van der Waals surface area contributed by atoms with Crippen LogP contribution in [0, 0.1) is 17.8 Å². The van der Waals surface area contributed by atoms with Crippen molar-refractivity contribution in [3.63, 3.8) is 0 Å². The quantitative estimate of drug-likeness (QED) is 0.827. The van der Waals surface area contributed by atoms with Crippen molar-refractivity contribution in [3.05, 3.63) is 0 Å². The highest BCUT2D eigenvalue weighted by molar-refractivity contribution is 5.73. The van der Waals surface area contributed by atoms with Gasteiger partial charge in [0.15, 0.2) is 0 Å². The monoisotopic (exact) mass is 264 g/mol. The maximum Gasteiger partial charge on any atom is 0.217 e. The van der Waals surface area contributed by atoms with E-state index in [1.165, 1.54) is 45.1 Å². The fourth-order valence-electron chi connectivity index (χ4n) is 3.84. The predicted molar refractivity (Wildman–Crippen MR) is 76.8 cm³/mol. The summed E-state index contributed by atoms with van der Waals surface area (Å²) in [4.78, 5) is 14.0. The minimum Gasteiger partial charge on any atom is -0.352 e. The molecule has 3 unspecified atom stereocenters. The molecule has 3 fully saturated rings. The van der Waals surface area contributed by atoms with Crippen molar-refractivity contribution in [2.75, 3.05) is 13.1 Å². The van der Waals surface area contributed by atoms with E-state index in [1.54, 1.807) is 6.92 Å². The van der Waals surface area contributed by atoms with Crippen LogP contribution in [-0.2, 0) is 4.79 Å². The van der Waals surface area contributed by atoms with Crippen LogP contribution >= 0.6 is 0 Å². The standard InChI is InChI=1S/C16H28N2O/c1-11(15-5-6-15)18-9-14(7-13-3-4-13)8-16(10-18)17-12(2)19/h11,13-16H,3-10H2,1-2H3,(H,17,19). The lowest BCUT2D eigenvalue weighted by Crippen LogP contribution is -2.53. The third-order valence-corrected chi connectivity index (χ3v) is 5.22. The molecule has 1 aliphatic heterocycles. The molecule has 0 radical (unpaired) electrons. The van der Waals surface area contributed by atoms with E-state index in [4.69, 9.17) is 0 Å². The molecule has 1 N–H and O–H groups in total. The Bertz CT molecular complexity index is 336. The first-order chi connectivity index (χ1) is 9.11. The van der Waals surface area contributed by atoms with Crippen LogP contribution in [0.4, 0.5) is 0 Å². The predicted octanol–water partition coefficient (Wildman–Crippen LogP) is 2.41. The summed E-state index contributed by atoms with van der Waals surface area (Å²) in [5.74, 6) is 2.87. The van der Waals surface area contributed by atoms with Gasteiger partial charge < -0.3 is 5.32 Å². The van der Waals surface area contributed by atoms with Crippen molar-refractivity contribution < 1.29 is 4.79 Å². The van der Waals surface area contributed by atoms with E-state index in [-0.39, 0.29) is 5.91 Å². The molecule has 1 amide bonds. The molecular weight excluding hydrogens is 236 g/mol. The topological polar surface area (TPSA) is 32.3 Å². The molecule has 0 aromatic carbocycles. The van der Waals surface area contributed by atoms with Crippen molar-refractivity contribution in [2.45, 2.75) is 64.5 Å². The molecular formula is C16H28N2O. The molecule has 0 aromatic rings. The van der Waals surface area contributed by atoms with Crippen LogP contribution in [0.2, 0.25) is 0 Å². The fraction of sp³-hybridized carbons (Fsp3) is 0.938. The Morgan fingerprint density at radius 2 is 1.95 bits per heavy atom. The maximum absolute atomic E-state index is 11.3. The molecule has 3 nitrogen and oxygen atoms in total. The summed E-state index contributed by atoms with van der Waals surface area (Å²) >= 11 is 0. The molecule has 108 valence electrons. The molecule has 3 rings (SSSR count). The van der Waals surface area contributed by atoms with Crippen LogP contribution in [0.1, 0.15) is 52.4 Å². The van der Waals surface area contributed by atoms with Gasteiger partial charge in [0, 0.05) is 32.1 Å². The molecule has 3 atom stereocenters. The van der Waals surface area contributed by atoms with Gasteiger partial charge in [-0.3, -0.25) is 9.69 Å². The molecule has 1 saturated heterocycles. The number of nitrogens with one attached hydrogen (secondary N) is 1. The lowest BCUT2D eigenvalue weighted by molar-refractivity contribution is -0.120. The molecule has 2 aliphatic carbocycles. The average molecular weight is 264 g/mol. The Kier molecular flexibility index (Phi) is 3.84. The summed E-state index contributed by atoms with van der Waals surface area (Å²) in [5, 5.41) is 3.17. The molecule has 19 heavy (non-hydrogen) atoms. The van der Waals surface area contributed by atoms with Crippen LogP contribution in [0.15, 0.2) is 0 Å². The zero-order valence-electron chi connectivity index (χ0n) is 12.4. The van der Waals surface area contributed by atoms with Gasteiger partial charge in [0.1, 0.15) is 0 Å². The molecule has 0 aromatic heterocycles. The number of amides is 1. The van der Waals surface area contributed by atoms with Gasteiger partial charge in [-0.1, -0.05) is 12.8 Å². The van der Waals surface area contributed by atoms with Crippen molar-refractivity contribution in [3.8, 4) is 0 Å². The van der Waals surface area contributed by atoms with Crippen LogP contribution in [0.3, 0.4) is 0 Å². The molecule has 3 heteroatoms. The van der Waals surface area contributed by atoms with Crippen molar-refractivity contribution in [1.29, 1.82) is 0 Å². The number of hydrogen-bond acceptors (Lipinski definition) is 2. The largest absolute Gasteiger partial charge is 0.352 e. The van der Waals surface area contributed by atoms with Crippen molar-refractivity contribution in [2.24, 2.45) is 17.8 Å². The van der Waals surface area contributed by atoms with Gasteiger partial charge in [0.25, 0.3) is 0 Å². The molecule has 3 aliphatic rings. The Morgan fingerprint density at radius 1 is 1.21 bits per heavy atom. The maximum atomic E-state index is 11.3. The highest BCUT2D eigenvalue weighted by Crippen LogP contribution is 2.40. The highest BCUT2D eigenvalue weighted by atomic mass is 16.1. The summed E-state index contributed by atoms with van der Waals surface area (Å²) in [5.41, 5.74) is 0. The van der Waals surface area contributed by atoms with Crippen molar-refractivity contribution in [1.82, 2.24) is 10.2 Å². The van der Waals surface area contributed by atoms with E-state index in [0.29, 0.717) is 6.04 Å². The fourth-order valence-corrected chi connectivity index (χ4v) is 3.84. The first-order valence-corrected chi connectivity index (χ1v) is 8.13. The summed E-state index contributed by atoms with van der Waals surface area (Å²) in [6, 6.07) is 1.11. The average Bonchev–Trinajstić information content (AvgIpc) is 3.20. The van der Waals surface area contributed by atoms with Gasteiger partial charge >= 0.3 is 0 Å². The molecule has 1 heterocycles. The first-order valence-electron chi connectivity index (χ1n) is 8.13. The van der Waals surface area contributed by atoms with E-state index in [0.717, 1.165) is 30.3 Å². The molecule has 2 saturated carbocycles. The second kappa shape index (κ2) is 5.43. The smallest absolute Gasteiger partial charge is 0.217 e. The summed E-state index contributed by atoms with van der Waals surface area (Å²) < 4.78 is 0. The summed E-state index contributed by atoms with van der Waals surface area (Å²) in [7, 11) is 0. The SMILES string of the molecule is CC(=O)NC1CC(CC2CC2)CN(C(C)C2CC2)C1. The number of likely N-dealkylation sites (tertiary alicyclic amines) is 1. The van der Waals surface area contributed by atoms with Gasteiger partial charge in [-0.25, -0.2) is 0 Å². The number of rotatable bonds is 5. The van der Waals surface area contributed by atoms with E-state index in [9.17, 15) is 4.79 Å². The lowest BCUT2D eigenvalue weighted by Gasteiger charge is -2.41. The van der Waals surface area contributed by atoms with Crippen LogP contribution in [-0.4, -0.2) is 36.0 Å². The normalized spacial score (nSPS) is 34.0. The zero-order chi connectivity index (χ0) is 13.4. The minimum atomic E-state index is 0.135. The van der Waals surface area contributed by atoms with Crippen molar-refractivity contribution >= 4 is 5.91 Å². The van der Waals surface area contributed by atoms with Crippen LogP contribution in [0.25, 0.3) is 0 Å². The number of piperidine rings is 1. The molecule has 0 bridgehead atoms. The Labute approximate surface area is 117 Å². The number of hydrogen-bond donors (Lipinski definition) is 1. The first kappa shape index (κ1) is 13.4. The van der Waals surface area contributed by atoms with Gasteiger partial charge in [-0.15, -0.1) is 0 Å². The van der Waals surface area contributed by atoms with Crippen LogP contribution in [0.5, 0.6) is 0 Å². The summed E-state index contributed by atoms with van der Waals surface area (Å²) in [6.07, 6.45) is 8.30. The van der Waals surface area contributed by atoms with E-state index in [2.05, 4.69) is 17.1 Å². The zero-order valence-corrected chi connectivity index (χ0v) is 12.4. The van der Waals surface area contributed by atoms with E-state index in [1.807, 2.05) is 0 Å². The third-order valence-electron chi connectivity index (χ3n) is 5.22. The van der Waals surface area contributed by atoms with Gasteiger partial charge in [0.05, 0.1) is 0 Å². The Morgan fingerprint density at radius 3 is 2.53 bits per heavy atom. The van der Waals surface area contributed by atoms with Gasteiger partial charge in [0.2, 0.25) is 5.91 Å². The number of carbonyl (C=O) groups is 1. The Hall–Kier alpha value is -0.570. The van der Waals surface area contributed by atoms with E-state index >= 15 is 0 Å². The lowest BCUT2D eigenvalue weighted by atomic mass is 9.88. The number of nitrogens with zero attached hydrogens (tertiary/aromatic N) is 1. The number of carbonyl (C=O) groups excluding carboxylic acids is 1. The van der Waals surface area contributed by atoms with Crippen LogP contribution < -0.4 is 5.32 Å². The Balaban J connectivity index is 1.59. The second-order valence-electron chi connectivity index (χ2n) is 7.21.